The van der Waals surface area contributed by atoms with E-state index in [2.05, 4.69) is 147 Å². The van der Waals surface area contributed by atoms with Crippen LogP contribution in [0.3, 0.4) is 0 Å². The van der Waals surface area contributed by atoms with Crippen LogP contribution in [0.4, 0.5) is 0 Å². The maximum Gasteiger partial charge on any atom is 0.0437 e. The minimum absolute atomic E-state index is 0.0746. The van der Waals surface area contributed by atoms with E-state index in [-0.39, 0.29) is 5.41 Å². The summed E-state index contributed by atoms with van der Waals surface area (Å²) in [7, 11) is 0. The molecule has 0 spiro atoms. The summed E-state index contributed by atoms with van der Waals surface area (Å²) in [5.41, 5.74) is 10.8. The van der Waals surface area contributed by atoms with Crippen LogP contribution in [-0.2, 0) is 5.41 Å². The number of hydrogen-bond acceptors (Lipinski definition) is 1. The first kappa shape index (κ1) is 24.5. The standard InChI is InChI=1S/C43H28S/c1-43(2)36-22-21-33-30-12-6-7-14-38(30)44-42(33)41(36)34-20-16-27(24-37(34)43)35-23-28-17-18-29(25-9-4-3-5-10-25)32-19-15-26-11-8-13-31(35)39(26)40(28)32/h3-24H,1-2H3. The van der Waals surface area contributed by atoms with Crippen LogP contribution in [-0.4, -0.2) is 0 Å². The highest BCUT2D eigenvalue weighted by molar-refractivity contribution is 7.26. The summed E-state index contributed by atoms with van der Waals surface area (Å²) in [6, 6.07) is 50.1. The smallest absolute Gasteiger partial charge is 0.0437 e. The van der Waals surface area contributed by atoms with Crippen molar-refractivity contribution in [3.05, 3.63) is 145 Å². The van der Waals surface area contributed by atoms with Gasteiger partial charge in [-0.25, -0.2) is 0 Å². The second-order valence-corrected chi connectivity index (χ2v) is 13.9. The summed E-state index contributed by atoms with van der Waals surface area (Å²) in [6.07, 6.45) is 0. The zero-order chi connectivity index (χ0) is 29.2. The molecule has 0 atom stereocenters. The van der Waals surface area contributed by atoms with E-state index < -0.39 is 0 Å². The van der Waals surface area contributed by atoms with E-state index in [1.165, 1.54) is 97.0 Å². The third-order valence-corrected chi connectivity index (χ3v) is 11.4. The van der Waals surface area contributed by atoms with Crippen molar-refractivity contribution >= 4 is 63.8 Å². The molecule has 0 nitrogen and oxygen atoms in total. The van der Waals surface area contributed by atoms with E-state index in [4.69, 9.17) is 0 Å². The number of thiophene rings is 1. The number of hydrogen-bond donors (Lipinski definition) is 0. The molecule has 0 radical (unpaired) electrons. The minimum atomic E-state index is -0.0746. The molecule has 0 saturated heterocycles. The molecule has 0 amide bonds. The fourth-order valence-electron chi connectivity index (χ4n) is 8.11. The van der Waals surface area contributed by atoms with Gasteiger partial charge in [-0.3, -0.25) is 0 Å². The molecule has 0 aliphatic heterocycles. The molecule has 9 aromatic rings. The fourth-order valence-corrected chi connectivity index (χ4v) is 9.37. The molecule has 10 rings (SSSR count). The first-order chi connectivity index (χ1) is 21.6. The average Bonchev–Trinajstić information content (AvgIpc) is 3.56. The number of benzene rings is 8. The summed E-state index contributed by atoms with van der Waals surface area (Å²) in [5, 5.41) is 10.7. The van der Waals surface area contributed by atoms with Crippen LogP contribution in [0.5, 0.6) is 0 Å². The highest BCUT2D eigenvalue weighted by Gasteiger charge is 2.37. The molecular weight excluding hydrogens is 549 g/mol. The van der Waals surface area contributed by atoms with Crippen molar-refractivity contribution in [1.29, 1.82) is 0 Å². The lowest BCUT2D eigenvalue weighted by Gasteiger charge is -2.22. The van der Waals surface area contributed by atoms with E-state index in [9.17, 15) is 0 Å². The van der Waals surface area contributed by atoms with Crippen molar-refractivity contribution in [1.82, 2.24) is 0 Å². The first-order valence-electron chi connectivity index (χ1n) is 15.4. The molecule has 0 bridgehead atoms. The van der Waals surface area contributed by atoms with E-state index in [1.54, 1.807) is 0 Å². The molecule has 1 aromatic heterocycles. The van der Waals surface area contributed by atoms with Crippen molar-refractivity contribution in [2.45, 2.75) is 19.3 Å². The molecule has 1 heterocycles. The Bertz CT molecular complexity index is 2620. The molecule has 44 heavy (non-hydrogen) atoms. The summed E-state index contributed by atoms with van der Waals surface area (Å²) in [5.74, 6) is 0. The van der Waals surface area contributed by atoms with Gasteiger partial charge >= 0.3 is 0 Å². The molecule has 1 heteroatoms. The topological polar surface area (TPSA) is 0 Å². The van der Waals surface area contributed by atoms with Crippen LogP contribution in [0.1, 0.15) is 25.0 Å². The highest BCUT2D eigenvalue weighted by Crippen LogP contribution is 2.55. The van der Waals surface area contributed by atoms with Gasteiger partial charge in [0.2, 0.25) is 0 Å². The van der Waals surface area contributed by atoms with Gasteiger partial charge in [-0.1, -0.05) is 129 Å². The van der Waals surface area contributed by atoms with Crippen LogP contribution in [0, 0.1) is 0 Å². The maximum absolute atomic E-state index is 2.49. The minimum Gasteiger partial charge on any atom is -0.135 e. The van der Waals surface area contributed by atoms with Gasteiger partial charge in [0.05, 0.1) is 0 Å². The van der Waals surface area contributed by atoms with E-state index >= 15 is 0 Å². The molecule has 1 aliphatic carbocycles. The lowest BCUT2D eigenvalue weighted by atomic mass is 9.81. The Hall–Kier alpha value is -4.98. The molecule has 1 aliphatic rings. The van der Waals surface area contributed by atoms with Gasteiger partial charge < -0.3 is 0 Å². The quantitative estimate of drug-likeness (QED) is 0.180. The molecule has 0 saturated carbocycles. The Morgan fingerprint density at radius 3 is 2.09 bits per heavy atom. The Kier molecular flexibility index (Phi) is 4.76. The Balaban J connectivity index is 1.22. The first-order valence-corrected chi connectivity index (χ1v) is 16.3. The van der Waals surface area contributed by atoms with E-state index in [0.29, 0.717) is 0 Å². The van der Waals surface area contributed by atoms with Crippen molar-refractivity contribution in [3.8, 4) is 33.4 Å². The molecule has 0 N–H and O–H groups in total. The van der Waals surface area contributed by atoms with Gasteiger partial charge in [0.15, 0.2) is 0 Å². The zero-order valence-corrected chi connectivity index (χ0v) is 25.4. The average molecular weight is 577 g/mol. The predicted molar refractivity (Wildman–Crippen MR) is 191 cm³/mol. The fraction of sp³-hybridized carbons (Fsp3) is 0.0698. The van der Waals surface area contributed by atoms with Crippen molar-refractivity contribution in [2.24, 2.45) is 0 Å². The number of rotatable bonds is 2. The molecule has 206 valence electrons. The predicted octanol–water partition coefficient (Wildman–Crippen LogP) is 12.6. The van der Waals surface area contributed by atoms with Crippen LogP contribution in [0.25, 0.3) is 85.9 Å². The van der Waals surface area contributed by atoms with Crippen molar-refractivity contribution in [2.75, 3.05) is 0 Å². The number of fused-ring (bicyclic) bond motifs is 7. The van der Waals surface area contributed by atoms with Crippen LogP contribution < -0.4 is 0 Å². The van der Waals surface area contributed by atoms with Crippen molar-refractivity contribution in [3.63, 3.8) is 0 Å². The summed E-state index contributed by atoms with van der Waals surface area (Å²) < 4.78 is 2.78. The Morgan fingerprint density at radius 2 is 1.18 bits per heavy atom. The molecule has 0 fully saturated rings. The normalized spacial score (nSPS) is 13.9. The van der Waals surface area contributed by atoms with E-state index in [0.717, 1.165) is 0 Å². The van der Waals surface area contributed by atoms with Crippen molar-refractivity contribution < 1.29 is 0 Å². The molecule has 0 unspecified atom stereocenters. The Morgan fingerprint density at radius 1 is 0.455 bits per heavy atom. The second kappa shape index (κ2) is 8.56. The largest absolute Gasteiger partial charge is 0.135 e. The Labute approximate surface area is 260 Å². The maximum atomic E-state index is 2.49. The van der Waals surface area contributed by atoms with Gasteiger partial charge in [0, 0.05) is 31.2 Å². The molecular formula is C43H28S. The SMILES string of the molecule is CC1(C)c2cc(-c3cc4ccc(-c5ccccc5)c5ccc6cccc3c6c45)ccc2-c2c1ccc1c2sc2ccccc21. The lowest BCUT2D eigenvalue weighted by molar-refractivity contribution is 0.661. The van der Waals surface area contributed by atoms with Gasteiger partial charge in [-0.15, -0.1) is 11.3 Å². The third-order valence-electron chi connectivity index (χ3n) is 10.2. The van der Waals surface area contributed by atoms with Gasteiger partial charge in [0.25, 0.3) is 0 Å². The zero-order valence-electron chi connectivity index (χ0n) is 24.6. The van der Waals surface area contributed by atoms with Crippen LogP contribution >= 0.6 is 11.3 Å². The highest BCUT2D eigenvalue weighted by atomic mass is 32.1. The van der Waals surface area contributed by atoms with Crippen LogP contribution in [0.15, 0.2) is 133 Å². The van der Waals surface area contributed by atoms with Crippen LogP contribution in [0.2, 0.25) is 0 Å². The van der Waals surface area contributed by atoms with Gasteiger partial charge in [-0.2, -0.15) is 0 Å². The summed E-state index contributed by atoms with van der Waals surface area (Å²) in [6.45, 7) is 4.80. The summed E-state index contributed by atoms with van der Waals surface area (Å²) >= 11 is 1.94. The molecule has 8 aromatic carbocycles. The van der Waals surface area contributed by atoms with Gasteiger partial charge in [-0.05, 0) is 89.5 Å². The third kappa shape index (κ3) is 3.12. The monoisotopic (exact) mass is 576 g/mol. The second-order valence-electron chi connectivity index (χ2n) is 12.9. The summed E-state index contributed by atoms with van der Waals surface area (Å²) in [4.78, 5) is 0. The van der Waals surface area contributed by atoms with Gasteiger partial charge in [0.1, 0.15) is 0 Å². The lowest BCUT2D eigenvalue weighted by Crippen LogP contribution is -2.14. The van der Waals surface area contributed by atoms with E-state index in [1.807, 2.05) is 11.3 Å².